The lowest BCUT2D eigenvalue weighted by Crippen LogP contribution is -2.09. The minimum atomic E-state index is -0.502. The summed E-state index contributed by atoms with van der Waals surface area (Å²) in [7, 11) is 1.32. The SMILES string of the molecule is CCNc1nn(-c2ccccc2C)c(N)c1C(=O)OC. The smallest absolute Gasteiger partial charge is 0.345 e. The highest BCUT2D eigenvalue weighted by atomic mass is 16.5. The molecule has 0 aliphatic heterocycles. The minimum Gasteiger partial charge on any atom is -0.465 e. The fourth-order valence-electron chi connectivity index (χ4n) is 2.01. The zero-order valence-corrected chi connectivity index (χ0v) is 11.8. The number of nitrogens with one attached hydrogen (secondary N) is 1. The summed E-state index contributed by atoms with van der Waals surface area (Å²) in [5.41, 5.74) is 8.18. The Labute approximate surface area is 117 Å². The Bertz CT molecular complexity index is 634. The predicted octanol–water partition coefficient (Wildman–Crippen LogP) is 1.98. The van der Waals surface area contributed by atoms with Crippen molar-refractivity contribution in [2.75, 3.05) is 24.7 Å². The second-order valence-corrected chi connectivity index (χ2v) is 4.33. The summed E-state index contributed by atoms with van der Waals surface area (Å²) in [5.74, 6) is 0.195. The monoisotopic (exact) mass is 274 g/mol. The van der Waals surface area contributed by atoms with Gasteiger partial charge < -0.3 is 15.8 Å². The molecule has 0 spiro atoms. The molecule has 6 nitrogen and oxygen atoms in total. The molecule has 1 heterocycles. The number of nitrogen functional groups attached to an aromatic ring is 1. The van der Waals surface area contributed by atoms with E-state index in [9.17, 15) is 4.79 Å². The van der Waals surface area contributed by atoms with Crippen molar-refractivity contribution in [3.8, 4) is 5.69 Å². The maximum absolute atomic E-state index is 11.9. The Kier molecular flexibility index (Phi) is 3.93. The standard InChI is InChI=1S/C14H18N4O2/c1-4-16-13-11(14(19)20-3)12(15)18(17-13)10-8-6-5-7-9(10)2/h5-8H,4,15H2,1-3H3,(H,16,17). The van der Waals surface area contributed by atoms with Crippen LogP contribution in [0, 0.1) is 6.92 Å². The molecule has 3 N–H and O–H groups in total. The number of carbonyl (C=O) groups excluding carboxylic acids is 1. The van der Waals surface area contributed by atoms with Crippen molar-refractivity contribution in [1.29, 1.82) is 0 Å². The molecule has 0 unspecified atom stereocenters. The number of aryl methyl sites for hydroxylation is 1. The van der Waals surface area contributed by atoms with Gasteiger partial charge in [0, 0.05) is 6.54 Å². The molecule has 0 aliphatic rings. The molecular formula is C14H18N4O2. The lowest BCUT2D eigenvalue weighted by atomic mass is 10.2. The number of para-hydroxylation sites is 1. The molecule has 0 aliphatic carbocycles. The first-order chi connectivity index (χ1) is 9.60. The van der Waals surface area contributed by atoms with Gasteiger partial charge in [0.15, 0.2) is 5.82 Å². The van der Waals surface area contributed by atoms with Gasteiger partial charge in [0.2, 0.25) is 0 Å². The zero-order valence-electron chi connectivity index (χ0n) is 11.8. The lowest BCUT2D eigenvalue weighted by Gasteiger charge is -2.07. The van der Waals surface area contributed by atoms with Crippen LogP contribution in [0.2, 0.25) is 0 Å². The van der Waals surface area contributed by atoms with Gasteiger partial charge in [-0.05, 0) is 25.5 Å². The van der Waals surface area contributed by atoms with Crippen molar-refractivity contribution in [2.45, 2.75) is 13.8 Å². The van der Waals surface area contributed by atoms with Gasteiger partial charge in [0.1, 0.15) is 11.4 Å². The van der Waals surface area contributed by atoms with Gasteiger partial charge in [0.05, 0.1) is 12.8 Å². The van der Waals surface area contributed by atoms with Gasteiger partial charge >= 0.3 is 5.97 Å². The fourth-order valence-corrected chi connectivity index (χ4v) is 2.01. The number of anilines is 2. The number of benzene rings is 1. The third-order valence-corrected chi connectivity index (χ3v) is 3.00. The number of carbonyl (C=O) groups is 1. The van der Waals surface area contributed by atoms with Crippen molar-refractivity contribution >= 4 is 17.6 Å². The summed E-state index contributed by atoms with van der Waals surface area (Å²) in [6.45, 7) is 4.51. The highest BCUT2D eigenvalue weighted by Crippen LogP contribution is 2.26. The molecule has 106 valence electrons. The summed E-state index contributed by atoms with van der Waals surface area (Å²) >= 11 is 0. The van der Waals surface area contributed by atoms with E-state index in [0.29, 0.717) is 12.4 Å². The van der Waals surface area contributed by atoms with Crippen molar-refractivity contribution in [3.63, 3.8) is 0 Å². The van der Waals surface area contributed by atoms with Gasteiger partial charge in [-0.1, -0.05) is 18.2 Å². The molecule has 1 aromatic carbocycles. The van der Waals surface area contributed by atoms with Crippen LogP contribution in [0.15, 0.2) is 24.3 Å². The van der Waals surface area contributed by atoms with Gasteiger partial charge in [-0.25, -0.2) is 9.48 Å². The Balaban J connectivity index is 2.61. The van der Waals surface area contributed by atoms with E-state index < -0.39 is 5.97 Å². The summed E-state index contributed by atoms with van der Waals surface area (Å²) in [6.07, 6.45) is 0. The van der Waals surface area contributed by atoms with Gasteiger partial charge in [-0.3, -0.25) is 0 Å². The summed E-state index contributed by atoms with van der Waals surface area (Å²) < 4.78 is 6.33. The average Bonchev–Trinajstić information content (AvgIpc) is 2.76. The van der Waals surface area contributed by atoms with E-state index in [4.69, 9.17) is 10.5 Å². The summed E-state index contributed by atoms with van der Waals surface area (Å²) in [4.78, 5) is 11.9. The van der Waals surface area contributed by atoms with Crippen LogP contribution in [0.1, 0.15) is 22.8 Å². The molecule has 20 heavy (non-hydrogen) atoms. The maximum Gasteiger partial charge on any atom is 0.345 e. The third kappa shape index (κ3) is 2.32. The van der Waals surface area contributed by atoms with Crippen LogP contribution in [0.3, 0.4) is 0 Å². The van der Waals surface area contributed by atoms with E-state index >= 15 is 0 Å². The third-order valence-electron chi connectivity index (χ3n) is 3.00. The average molecular weight is 274 g/mol. The largest absolute Gasteiger partial charge is 0.465 e. The second kappa shape index (κ2) is 5.64. The number of hydrogen-bond donors (Lipinski definition) is 2. The molecule has 0 saturated heterocycles. The topological polar surface area (TPSA) is 82.2 Å². The van der Waals surface area contributed by atoms with Crippen molar-refractivity contribution in [3.05, 3.63) is 35.4 Å². The number of ether oxygens (including phenoxy) is 1. The molecule has 0 bridgehead atoms. The van der Waals surface area contributed by atoms with Crippen molar-refractivity contribution in [1.82, 2.24) is 9.78 Å². The number of aromatic nitrogens is 2. The van der Waals surface area contributed by atoms with E-state index in [1.54, 1.807) is 4.68 Å². The molecule has 1 aromatic heterocycles. The van der Waals surface area contributed by atoms with Crippen LogP contribution in [0.25, 0.3) is 5.69 Å². The first-order valence-corrected chi connectivity index (χ1v) is 6.36. The summed E-state index contributed by atoms with van der Waals surface area (Å²) in [6, 6.07) is 7.69. The highest BCUT2D eigenvalue weighted by molar-refractivity contribution is 6.00. The number of methoxy groups -OCH3 is 1. The van der Waals surface area contributed by atoms with Gasteiger partial charge in [-0.2, -0.15) is 0 Å². The van der Waals surface area contributed by atoms with Crippen LogP contribution in [0.5, 0.6) is 0 Å². The Morgan fingerprint density at radius 1 is 1.45 bits per heavy atom. The van der Waals surface area contributed by atoms with E-state index in [1.807, 2.05) is 38.1 Å². The quantitative estimate of drug-likeness (QED) is 0.833. The minimum absolute atomic E-state index is 0.262. The first kappa shape index (κ1) is 13.9. The number of rotatable bonds is 4. The van der Waals surface area contributed by atoms with E-state index in [0.717, 1.165) is 11.3 Å². The first-order valence-electron chi connectivity index (χ1n) is 6.36. The number of nitrogens with zero attached hydrogens (tertiary/aromatic N) is 2. The fraction of sp³-hybridized carbons (Fsp3) is 0.286. The number of hydrogen-bond acceptors (Lipinski definition) is 5. The molecule has 0 fully saturated rings. The number of esters is 1. The van der Waals surface area contributed by atoms with Gasteiger partial charge in [-0.15, -0.1) is 5.10 Å². The molecule has 6 heteroatoms. The second-order valence-electron chi connectivity index (χ2n) is 4.33. The molecule has 0 radical (unpaired) electrons. The molecule has 0 saturated carbocycles. The maximum atomic E-state index is 11.9. The van der Waals surface area contributed by atoms with Crippen LogP contribution >= 0.6 is 0 Å². The Hall–Kier alpha value is -2.50. The predicted molar refractivity (Wildman–Crippen MR) is 78.2 cm³/mol. The van der Waals surface area contributed by atoms with Gasteiger partial charge in [0.25, 0.3) is 0 Å². The molecule has 2 aromatic rings. The molecule has 0 atom stereocenters. The summed E-state index contributed by atoms with van der Waals surface area (Å²) in [5, 5.41) is 7.41. The highest BCUT2D eigenvalue weighted by Gasteiger charge is 2.23. The van der Waals surface area contributed by atoms with Crippen LogP contribution in [0.4, 0.5) is 11.6 Å². The van der Waals surface area contributed by atoms with E-state index in [-0.39, 0.29) is 11.4 Å². The van der Waals surface area contributed by atoms with Crippen LogP contribution < -0.4 is 11.1 Å². The molecule has 0 amide bonds. The number of nitrogens with two attached hydrogens (primary N) is 1. The Morgan fingerprint density at radius 2 is 2.15 bits per heavy atom. The van der Waals surface area contributed by atoms with Crippen molar-refractivity contribution < 1.29 is 9.53 Å². The zero-order chi connectivity index (χ0) is 14.7. The lowest BCUT2D eigenvalue weighted by molar-refractivity contribution is 0.0603. The van der Waals surface area contributed by atoms with Crippen LogP contribution in [-0.2, 0) is 4.74 Å². The van der Waals surface area contributed by atoms with E-state index in [2.05, 4.69) is 10.4 Å². The Morgan fingerprint density at radius 3 is 2.75 bits per heavy atom. The molecular weight excluding hydrogens is 256 g/mol. The van der Waals surface area contributed by atoms with E-state index in [1.165, 1.54) is 7.11 Å². The van der Waals surface area contributed by atoms with Crippen molar-refractivity contribution in [2.24, 2.45) is 0 Å². The van der Waals surface area contributed by atoms with Crippen LogP contribution in [-0.4, -0.2) is 29.4 Å². The normalized spacial score (nSPS) is 10.3. The molecule has 2 rings (SSSR count).